The van der Waals surface area contributed by atoms with Gasteiger partial charge in [0, 0.05) is 0 Å². The molecule has 0 aliphatic carbocycles. The summed E-state index contributed by atoms with van der Waals surface area (Å²) in [5.74, 6) is 0. The zero-order chi connectivity index (χ0) is 17.0. The van der Waals surface area contributed by atoms with Crippen LogP contribution in [0.2, 0.25) is 0 Å². The van der Waals surface area contributed by atoms with Gasteiger partial charge in [-0.05, 0) is 0 Å². The Morgan fingerprint density at radius 3 is 0.680 bits per heavy atom. The van der Waals surface area contributed by atoms with E-state index in [1.54, 1.807) is 0 Å². The Balaban J connectivity index is 2.13. The number of halogens is 1. The van der Waals surface area contributed by atoms with E-state index in [0.29, 0.717) is 0 Å². The Morgan fingerprint density at radius 1 is 0.280 bits per heavy atom. The topological polar surface area (TPSA) is 0 Å². The van der Waals surface area contributed by atoms with Crippen LogP contribution in [0.4, 0.5) is 0 Å². The van der Waals surface area contributed by atoms with Gasteiger partial charge in [-0.25, -0.2) is 0 Å². The molecule has 0 nitrogen and oxygen atoms in total. The van der Waals surface area contributed by atoms with Gasteiger partial charge in [-0.3, -0.25) is 0 Å². The number of rotatable bonds is 4. The van der Waals surface area contributed by atoms with Gasteiger partial charge in [-0.1, -0.05) is 0 Å². The molecule has 0 unspecified atom stereocenters. The predicted octanol–water partition coefficient (Wildman–Crippen LogP) is 2.63. The zero-order valence-electron chi connectivity index (χ0n) is 13.9. The van der Waals surface area contributed by atoms with Crippen molar-refractivity contribution in [1.82, 2.24) is 0 Å². The summed E-state index contributed by atoms with van der Waals surface area (Å²) in [7, 11) is 0. The van der Waals surface area contributed by atoms with E-state index in [4.69, 9.17) is 0 Å². The Morgan fingerprint density at radius 2 is 0.480 bits per heavy atom. The second kappa shape index (κ2) is 7.24. The zero-order valence-corrected chi connectivity index (χ0v) is 16.1. The molecule has 4 rings (SSSR count). The molecule has 1 heteroatoms. The van der Waals surface area contributed by atoms with Gasteiger partial charge in [0.05, 0.1) is 0 Å². The van der Waals surface area contributed by atoms with Crippen LogP contribution in [0.3, 0.4) is 0 Å². The normalized spacial score (nSPS) is 11.8. The summed E-state index contributed by atoms with van der Waals surface area (Å²) in [5.41, 5.74) is 0. The molecule has 0 atom stereocenters. The summed E-state index contributed by atoms with van der Waals surface area (Å²) in [6.45, 7) is 0. The average molecular weight is 435 g/mol. The maximum absolute atomic E-state index is 2.88. The standard InChI is InChI=1S/C24H20I/c1-5-13-21(14-6-1)25(22-15-7-2-8-16-22,23-17-9-3-10-18-23)24-19-11-4-12-20-24/h1-20H/q+1. The molecule has 25 heavy (non-hydrogen) atoms. The Kier molecular flexibility index (Phi) is 4.66. The van der Waals surface area contributed by atoms with Gasteiger partial charge in [0.15, 0.2) is 0 Å². The van der Waals surface area contributed by atoms with E-state index in [2.05, 4.69) is 121 Å². The van der Waals surface area contributed by atoms with Crippen molar-refractivity contribution in [1.29, 1.82) is 0 Å². The van der Waals surface area contributed by atoms with Gasteiger partial charge in [0.2, 0.25) is 0 Å². The van der Waals surface area contributed by atoms with Crippen LogP contribution in [0.25, 0.3) is 0 Å². The van der Waals surface area contributed by atoms with E-state index in [9.17, 15) is 0 Å². The van der Waals surface area contributed by atoms with E-state index < -0.39 is 18.4 Å². The fourth-order valence-corrected chi connectivity index (χ4v) is 13.5. The maximum atomic E-state index is 2.31. The van der Waals surface area contributed by atoms with Crippen LogP contribution < -0.4 is 18.4 Å². The molecule has 0 saturated heterocycles. The quantitative estimate of drug-likeness (QED) is 0.433. The summed E-state index contributed by atoms with van der Waals surface area (Å²) in [5, 5.41) is 0. The number of benzene rings is 4. The molecular formula is C24H20I+. The molecule has 0 heterocycles. The summed E-state index contributed by atoms with van der Waals surface area (Å²) in [6.07, 6.45) is 0. The fourth-order valence-electron chi connectivity index (χ4n) is 3.17. The first-order chi connectivity index (χ1) is 12.4. The third-order valence-electron chi connectivity index (χ3n) is 4.24. The molecule has 4 aromatic carbocycles. The Hall–Kier alpha value is -2.39. The molecule has 0 fully saturated rings. The van der Waals surface area contributed by atoms with E-state index in [-0.39, 0.29) is 0 Å². The minimum atomic E-state index is -2.88. The van der Waals surface area contributed by atoms with Crippen LogP contribution >= 0.6 is 0 Å². The molecule has 0 aliphatic heterocycles. The van der Waals surface area contributed by atoms with Gasteiger partial charge in [0.1, 0.15) is 0 Å². The van der Waals surface area contributed by atoms with Gasteiger partial charge in [0.25, 0.3) is 0 Å². The summed E-state index contributed by atoms with van der Waals surface area (Å²) in [6, 6.07) is 44.3. The van der Waals surface area contributed by atoms with Crippen molar-refractivity contribution in [3.05, 3.63) is 136 Å². The van der Waals surface area contributed by atoms with Crippen LogP contribution in [0.5, 0.6) is 0 Å². The second-order valence-corrected chi connectivity index (χ2v) is 14.0. The molecule has 0 aliphatic rings. The van der Waals surface area contributed by atoms with Crippen LogP contribution in [0.1, 0.15) is 0 Å². The molecule has 0 spiro atoms. The van der Waals surface area contributed by atoms with Gasteiger partial charge in [-0.15, -0.1) is 0 Å². The predicted molar refractivity (Wildman–Crippen MR) is 101 cm³/mol. The van der Waals surface area contributed by atoms with Gasteiger partial charge in [-0.2, -0.15) is 0 Å². The van der Waals surface area contributed by atoms with E-state index in [1.807, 2.05) is 0 Å². The van der Waals surface area contributed by atoms with Crippen molar-refractivity contribution in [3.63, 3.8) is 0 Å². The summed E-state index contributed by atoms with van der Waals surface area (Å²) in [4.78, 5) is 0. The third kappa shape index (κ3) is 2.89. The first-order valence-corrected chi connectivity index (χ1v) is 12.7. The molecule has 4 aromatic rings. The molecule has 0 radical (unpaired) electrons. The fraction of sp³-hybridized carbons (Fsp3) is 0. The van der Waals surface area contributed by atoms with Gasteiger partial charge < -0.3 is 0 Å². The molecule has 0 bridgehead atoms. The molecule has 0 N–H and O–H groups in total. The van der Waals surface area contributed by atoms with Crippen molar-refractivity contribution < 1.29 is 18.4 Å². The van der Waals surface area contributed by atoms with E-state index in [0.717, 1.165) is 0 Å². The summed E-state index contributed by atoms with van der Waals surface area (Å²) < 4.78 is 5.83. The average Bonchev–Trinajstić information content (AvgIpc) is 2.72. The van der Waals surface area contributed by atoms with Crippen LogP contribution in [-0.2, 0) is 0 Å². The second-order valence-electron chi connectivity index (χ2n) is 5.75. The van der Waals surface area contributed by atoms with Crippen molar-refractivity contribution in [2.75, 3.05) is 0 Å². The number of hydrogen-bond donors (Lipinski definition) is 0. The van der Waals surface area contributed by atoms with Crippen molar-refractivity contribution >= 4 is 0 Å². The molecule has 0 amide bonds. The van der Waals surface area contributed by atoms with Crippen molar-refractivity contribution in [3.8, 4) is 0 Å². The minimum absolute atomic E-state index is 1.46. The third-order valence-corrected chi connectivity index (χ3v) is 14.6. The molecule has 0 aromatic heterocycles. The molecule has 0 saturated carbocycles. The van der Waals surface area contributed by atoms with Crippen molar-refractivity contribution in [2.45, 2.75) is 0 Å². The Labute approximate surface area is 153 Å². The number of hydrogen-bond acceptors (Lipinski definition) is 0. The monoisotopic (exact) mass is 435 g/mol. The van der Waals surface area contributed by atoms with Crippen LogP contribution in [0, 0.1) is 14.3 Å². The Bertz CT molecular complexity index is 753. The van der Waals surface area contributed by atoms with Crippen molar-refractivity contribution in [2.24, 2.45) is 0 Å². The van der Waals surface area contributed by atoms with E-state index in [1.165, 1.54) is 14.3 Å². The van der Waals surface area contributed by atoms with Gasteiger partial charge >= 0.3 is 154 Å². The van der Waals surface area contributed by atoms with E-state index >= 15 is 0 Å². The van der Waals surface area contributed by atoms with Crippen LogP contribution in [0.15, 0.2) is 121 Å². The molecule has 122 valence electrons. The first-order valence-electron chi connectivity index (χ1n) is 8.40. The molecular weight excluding hydrogens is 415 g/mol. The first kappa shape index (κ1) is 16.1. The summed E-state index contributed by atoms with van der Waals surface area (Å²) >= 11 is -2.88. The SMILES string of the molecule is c1ccc([I+](c2ccccc2)(c2ccccc2)c2ccccc2)cc1. The van der Waals surface area contributed by atoms with Crippen LogP contribution in [-0.4, -0.2) is 0 Å².